The molecule has 5 nitrogen and oxygen atoms in total. The summed E-state index contributed by atoms with van der Waals surface area (Å²) in [5.41, 5.74) is 0. The maximum atomic E-state index is 12.0. The minimum atomic E-state index is -1.05. The van der Waals surface area contributed by atoms with Crippen molar-refractivity contribution in [3.05, 3.63) is 27.7 Å². The fraction of sp³-hybridized carbons (Fsp3) is 0.429. The van der Waals surface area contributed by atoms with E-state index in [4.69, 9.17) is 21.4 Å². The van der Waals surface area contributed by atoms with Crippen LogP contribution in [0.25, 0.3) is 0 Å². The Morgan fingerprint density at radius 1 is 1.48 bits per heavy atom. The molecule has 0 aliphatic rings. The van der Waals surface area contributed by atoms with Crippen LogP contribution in [-0.4, -0.2) is 29.1 Å². The molecule has 0 heterocycles. The molecule has 0 aliphatic carbocycles. The Bertz CT molecular complexity index is 524. The fourth-order valence-corrected chi connectivity index (χ4v) is 2.43. The van der Waals surface area contributed by atoms with E-state index in [0.717, 1.165) is 0 Å². The number of ether oxygens (including phenoxy) is 1. The third kappa shape index (κ3) is 5.55. The summed E-state index contributed by atoms with van der Waals surface area (Å²) in [6, 6.07) is 4.03. The monoisotopic (exact) mass is 377 g/mol. The number of hydrogen-bond donors (Lipinski definition) is 2. The van der Waals surface area contributed by atoms with Gasteiger partial charge in [0.25, 0.3) is 5.91 Å². The van der Waals surface area contributed by atoms with Gasteiger partial charge in [-0.15, -0.1) is 0 Å². The molecule has 2 N–H and O–H groups in total. The molecule has 1 rings (SSSR count). The van der Waals surface area contributed by atoms with Gasteiger partial charge in [-0.3, -0.25) is 4.79 Å². The second-order valence-corrected chi connectivity index (χ2v) is 5.81. The van der Waals surface area contributed by atoms with Gasteiger partial charge in [0.1, 0.15) is 11.8 Å². The Balaban J connectivity index is 2.67. The first kappa shape index (κ1) is 17.8. The molecule has 7 heteroatoms. The van der Waals surface area contributed by atoms with E-state index in [0.29, 0.717) is 28.1 Å². The molecule has 0 radical (unpaired) electrons. The van der Waals surface area contributed by atoms with Crippen LogP contribution >= 0.6 is 27.5 Å². The van der Waals surface area contributed by atoms with Crippen molar-refractivity contribution in [1.29, 1.82) is 0 Å². The van der Waals surface area contributed by atoms with Crippen molar-refractivity contribution >= 4 is 39.4 Å². The first-order valence-electron chi connectivity index (χ1n) is 6.50. The van der Waals surface area contributed by atoms with E-state index in [1.807, 2.05) is 6.92 Å². The molecule has 1 amide bonds. The average Bonchev–Trinajstić information content (AvgIpc) is 2.41. The molecule has 0 bridgehead atoms. The molecular weight excluding hydrogens is 362 g/mol. The van der Waals surface area contributed by atoms with Gasteiger partial charge < -0.3 is 15.2 Å². The van der Waals surface area contributed by atoms with Crippen molar-refractivity contribution in [2.75, 3.05) is 0 Å². The van der Waals surface area contributed by atoms with E-state index in [1.165, 1.54) is 0 Å². The molecule has 2 atom stereocenters. The molecule has 0 saturated heterocycles. The molecule has 0 saturated carbocycles. The van der Waals surface area contributed by atoms with Gasteiger partial charge in [0.15, 0.2) is 6.10 Å². The van der Waals surface area contributed by atoms with Crippen LogP contribution in [0, 0.1) is 0 Å². The number of carbonyl (C=O) groups is 2. The lowest BCUT2D eigenvalue weighted by Gasteiger charge is -2.19. The van der Waals surface area contributed by atoms with Crippen molar-refractivity contribution in [2.24, 2.45) is 0 Å². The molecule has 0 spiro atoms. The minimum absolute atomic E-state index is 0.373. The number of rotatable bonds is 7. The Kier molecular flexibility index (Phi) is 6.98. The normalized spacial score (nSPS) is 13.3. The molecular formula is C14H17BrClNO4. The van der Waals surface area contributed by atoms with Gasteiger partial charge in [-0.1, -0.05) is 24.9 Å². The minimum Gasteiger partial charge on any atom is -0.480 e. The van der Waals surface area contributed by atoms with Crippen molar-refractivity contribution in [3.8, 4) is 5.75 Å². The molecule has 21 heavy (non-hydrogen) atoms. The lowest BCUT2D eigenvalue weighted by molar-refractivity contribution is -0.143. The summed E-state index contributed by atoms with van der Waals surface area (Å²) in [5, 5.41) is 12.0. The first-order valence-corrected chi connectivity index (χ1v) is 7.67. The second-order valence-electron chi connectivity index (χ2n) is 4.52. The number of halogens is 2. The lowest BCUT2D eigenvalue weighted by Crippen LogP contribution is -2.46. The van der Waals surface area contributed by atoms with Crippen LogP contribution in [0.1, 0.15) is 26.7 Å². The van der Waals surface area contributed by atoms with E-state index in [1.54, 1.807) is 25.1 Å². The molecule has 116 valence electrons. The molecule has 2 unspecified atom stereocenters. The second kappa shape index (κ2) is 8.24. The van der Waals surface area contributed by atoms with Crippen LogP contribution in [0.2, 0.25) is 5.02 Å². The summed E-state index contributed by atoms with van der Waals surface area (Å²) in [7, 11) is 0. The number of aliphatic carboxylic acids is 1. The van der Waals surface area contributed by atoms with E-state index >= 15 is 0 Å². The summed E-state index contributed by atoms with van der Waals surface area (Å²) < 4.78 is 6.13. The number of hydrogen-bond acceptors (Lipinski definition) is 3. The summed E-state index contributed by atoms with van der Waals surface area (Å²) in [6.07, 6.45) is 0.217. The zero-order valence-corrected chi connectivity index (χ0v) is 14.1. The highest BCUT2D eigenvalue weighted by Gasteiger charge is 2.23. The lowest BCUT2D eigenvalue weighted by atomic mass is 10.1. The van der Waals surface area contributed by atoms with E-state index in [2.05, 4.69) is 21.2 Å². The first-order chi connectivity index (χ1) is 9.85. The number of carboxylic acid groups (broad SMARTS) is 1. The Morgan fingerprint density at radius 3 is 2.67 bits per heavy atom. The van der Waals surface area contributed by atoms with Gasteiger partial charge >= 0.3 is 5.97 Å². The van der Waals surface area contributed by atoms with Crippen LogP contribution in [0.3, 0.4) is 0 Å². The average molecular weight is 379 g/mol. The van der Waals surface area contributed by atoms with E-state index in [-0.39, 0.29) is 0 Å². The maximum absolute atomic E-state index is 12.0. The smallest absolute Gasteiger partial charge is 0.326 e. The third-order valence-electron chi connectivity index (χ3n) is 2.76. The largest absolute Gasteiger partial charge is 0.480 e. The van der Waals surface area contributed by atoms with Gasteiger partial charge in [-0.2, -0.15) is 0 Å². The predicted molar refractivity (Wildman–Crippen MR) is 83.7 cm³/mol. The third-order valence-corrected chi connectivity index (χ3v) is 3.61. The van der Waals surface area contributed by atoms with Gasteiger partial charge in [0, 0.05) is 5.02 Å². The van der Waals surface area contributed by atoms with Gasteiger partial charge in [-0.25, -0.2) is 4.79 Å². The Labute approximate surface area is 136 Å². The highest BCUT2D eigenvalue weighted by atomic mass is 79.9. The Morgan fingerprint density at radius 2 is 2.14 bits per heavy atom. The van der Waals surface area contributed by atoms with Crippen LogP contribution in [-0.2, 0) is 9.59 Å². The van der Waals surface area contributed by atoms with Gasteiger partial charge in [0.2, 0.25) is 0 Å². The van der Waals surface area contributed by atoms with Crippen molar-refractivity contribution in [1.82, 2.24) is 5.32 Å². The standard InChI is InChI=1S/C14H17BrClNO4/c1-3-4-11(14(19)20)17-13(18)8(2)21-12-6-5-9(16)7-10(12)15/h5-8,11H,3-4H2,1-2H3,(H,17,18)(H,19,20). The number of carbonyl (C=O) groups excluding carboxylic acids is 1. The molecule has 1 aromatic carbocycles. The van der Waals surface area contributed by atoms with Crippen LogP contribution in [0.4, 0.5) is 0 Å². The van der Waals surface area contributed by atoms with Gasteiger partial charge in [-0.05, 0) is 47.5 Å². The molecule has 0 aromatic heterocycles. The Hall–Kier alpha value is -1.27. The number of nitrogens with one attached hydrogen (secondary N) is 1. The number of amides is 1. The molecule has 0 aliphatic heterocycles. The van der Waals surface area contributed by atoms with Crippen molar-refractivity contribution in [2.45, 2.75) is 38.8 Å². The predicted octanol–water partition coefficient (Wildman–Crippen LogP) is 3.24. The van der Waals surface area contributed by atoms with Crippen LogP contribution < -0.4 is 10.1 Å². The van der Waals surface area contributed by atoms with Crippen LogP contribution in [0.15, 0.2) is 22.7 Å². The highest BCUT2D eigenvalue weighted by Crippen LogP contribution is 2.28. The highest BCUT2D eigenvalue weighted by molar-refractivity contribution is 9.10. The van der Waals surface area contributed by atoms with Crippen molar-refractivity contribution < 1.29 is 19.4 Å². The maximum Gasteiger partial charge on any atom is 0.326 e. The van der Waals surface area contributed by atoms with E-state index < -0.39 is 24.0 Å². The number of benzene rings is 1. The summed E-state index contributed by atoms with van der Waals surface area (Å²) in [4.78, 5) is 23.0. The summed E-state index contributed by atoms with van der Waals surface area (Å²) in [6.45, 7) is 3.41. The summed E-state index contributed by atoms with van der Waals surface area (Å²) >= 11 is 9.11. The fourth-order valence-electron chi connectivity index (χ4n) is 1.65. The van der Waals surface area contributed by atoms with Crippen LogP contribution in [0.5, 0.6) is 5.75 Å². The zero-order valence-electron chi connectivity index (χ0n) is 11.7. The molecule has 0 fully saturated rings. The zero-order chi connectivity index (χ0) is 16.0. The SMILES string of the molecule is CCCC(NC(=O)C(C)Oc1ccc(Cl)cc1Br)C(=O)O. The summed E-state index contributed by atoms with van der Waals surface area (Å²) in [5.74, 6) is -1.06. The van der Waals surface area contributed by atoms with Gasteiger partial charge in [0.05, 0.1) is 4.47 Å². The molecule has 1 aromatic rings. The quantitative estimate of drug-likeness (QED) is 0.764. The van der Waals surface area contributed by atoms with Crippen molar-refractivity contribution in [3.63, 3.8) is 0 Å². The van der Waals surface area contributed by atoms with E-state index in [9.17, 15) is 9.59 Å². The topological polar surface area (TPSA) is 75.6 Å². The number of carboxylic acids is 1.